The summed E-state index contributed by atoms with van der Waals surface area (Å²) in [6.45, 7) is 4.40. The maximum atomic E-state index is 5.81. The third-order valence-electron chi connectivity index (χ3n) is 2.11. The van der Waals surface area contributed by atoms with E-state index in [0.29, 0.717) is 10.9 Å². The van der Waals surface area contributed by atoms with Gasteiger partial charge in [-0.15, -0.1) is 11.8 Å². The minimum absolute atomic E-state index is 0.628. The molecule has 0 unspecified atom stereocenters. The molecule has 0 aliphatic rings. The van der Waals surface area contributed by atoms with Crippen LogP contribution in [0.5, 0.6) is 5.75 Å². The molecule has 0 amide bonds. The third-order valence-corrected chi connectivity index (χ3v) is 3.38. The summed E-state index contributed by atoms with van der Waals surface area (Å²) in [5.74, 6) is 0.749. The highest BCUT2D eigenvalue weighted by molar-refractivity contribution is 7.99. The van der Waals surface area contributed by atoms with Crippen molar-refractivity contribution in [1.29, 1.82) is 0 Å². The van der Waals surface area contributed by atoms with E-state index in [9.17, 15) is 0 Å². The lowest BCUT2D eigenvalue weighted by atomic mass is 10.3. The van der Waals surface area contributed by atoms with E-state index in [1.807, 2.05) is 30.0 Å². The molecule has 0 fully saturated rings. The van der Waals surface area contributed by atoms with Gasteiger partial charge >= 0.3 is 0 Å². The van der Waals surface area contributed by atoms with Gasteiger partial charge in [0.05, 0.1) is 12.8 Å². The molecule has 0 heterocycles. The van der Waals surface area contributed by atoms with Crippen LogP contribution in [-0.4, -0.2) is 12.4 Å². The standard InChI is InChI=1S/C11H17NOS/c1-4-8(2)14-9-5-6-11(13-3)10(12)7-9/h5-8H,4,12H2,1-3H3/t8-/m0/s1. The number of anilines is 1. The monoisotopic (exact) mass is 211 g/mol. The second kappa shape index (κ2) is 5.15. The third kappa shape index (κ3) is 2.84. The van der Waals surface area contributed by atoms with Crippen LogP contribution in [0.25, 0.3) is 0 Å². The molecule has 0 spiro atoms. The highest BCUT2D eigenvalue weighted by Crippen LogP contribution is 2.30. The summed E-state index contributed by atoms with van der Waals surface area (Å²) in [6, 6.07) is 5.93. The molecular formula is C11H17NOS. The SMILES string of the molecule is CC[C@H](C)Sc1ccc(OC)c(N)c1. The predicted octanol–water partition coefficient (Wildman–Crippen LogP) is 3.17. The topological polar surface area (TPSA) is 35.2 Å². The maximum absolute atomic E-state index is 5.81. The lowest BCUT2D eigenvalue weighted by Crippen LogP contribution is -1.95. The number of thioether (sulfide) groups is 1. The van der Waals surface area contributed by atoms with Crippen LogP contribution in [0.3, 0.4) is 0 Å². The molecule has 0 aromatic heterocycles. The van der Waals surface area contributed by atoms with Crippen LogP contribution >= 0.6 is 11.8 Å². The van der Waals surface area contributed by atoms with Gasteiger partial charge in [0.1, 0.15) is 5.75 Å². The maximum Gasteiger partial charge on any atom is 0.141 e. The van der Waals surface area contributed by atoms with Crippen LogP contribution in [0, 0.1) is 0 Å². The number of benzene rings is 1. The van der Waals surface area contributed by atoms with Gasteiger partial charge in [-0.2, -0.15) is 0 Å². The zero-order chi connectivity index (χ0) is 10.6. The Morgan fingerprint density at radius 1 is 1.50 bits per heavy atom. The van der Waals surface area contributed by atoms with Crippen molar-refractivity contribution in [2.24, 2.45) is 0 Å². The van der Waals surface area contributed by atoms with Gasteiger partial charge in [0.25, 0.3) is 0 Å². The Balaban J connectivity index is 2.76. The zero-order valence-electron chi connectivity index (χ0n) is 8.91. The summed E-state index contributed by atoms with van der Waals surface area (Å²) in [5, 5.41) is 0.628. The molecular weight excluding hydrogens is 194 g/mol. The first-order chi connectivity index (χ1) is 6.67. The van der Waals surface area contributed by atoms with Crippen molar-refractivity contribution in [3.63, 3.8) is 0 Å². The molecule has 2 N–H and O–H groups in total. The summed E-state index contributed by atoms with van der Waals surface area (Å²) in [6.07, 6.45) is 1.16. The smallest absolute Gasteiger partial charge is 0.141 e. The minimum atomic E-state index is 0.628. The average Bonchev–Trinajstić information content (AvgIpc) is 2.18. The van der Waals surface area contributed by atoms with Crippen LogP contribution in [0.1, 0.15) is 20.3 Å². The first kappa shape index (κ1) is 11.2. The number of methoxy groups -OCH3 is 1. The average molecular weight is 211 g/mol. The van der Waals surface area contributed by atoms with Crippen LogP contribution in [0.15, 0.2) is 23.1 Å². The first-order valence-electron chi connectivity index (χ1n) is 4.77. The molecule has 0 bridgehead atoms. The van der Waals surface area contributed by atoms with Crippen molar-refractivity contribution < 1.29 is 4.74 Å². The van der Waals surface area contributed by atoms with E-state index in [2.05, 4.69) is 13.8 Å². The van der Waals surface area contributed by atoms with Crippen molar-refractivity contribution in [2.75, 3.05) is 12.8 Å². The van der Waals surface area contributed by atoms with E-state index < -0.39 is 0 Å². The first-order valence-corrected chi connectivity index (χ1v) is 5.65. The molecule has 0 aliphatic heterocycles. The van der Waals surface area contributed by atoms with Crippen LogP contribution in [0.2, 0.25) is 0 Å². The number of hydrogen-bond acceptors (Lipinski definition) is 3. The molecule has 0 saturated heterocycles. The van der Waals surface area contributed by atoms with Crippen LogP contribution < -0.4 is 10.5 Å². The largest absolute Gasteiger partial charge is 0.495 e. The zero-order valence-corrected chi connectivity index (χ0v) is 9.73. The fourth-order valence-electron chi connectivity index (χ4n) is 1.10. The molecule has 14 heavy (non-hydrogen) atoms. The lowest BCUT2D eigenvalue weighted by molar-refractivity contribution is 0.416. The number of nitrogen functional groups attached to an aromatic ring is 1. The second-order valence-electron chi connectivity index (χ2n) is 3.24. The van der Waals surface area contributed by atoms with Crippen molar-refractivity contribution in [2.45, 2.75) is 30.4 Å². The Morgan fingerprint density at radius 3 is 2.71 bits per heavy atom. The minimum Gasteiger partial charge on any atom is -0.495 e. The molecule has 78 valence electrons. The van der Waals surface area contributed by atoms with Gasteiger partial charge in [-0.05, 0) is 24.6 Å². The Hall–Kier alpha value is -0.830. The van der Waals surface area contributed by atoms with Crippen LogP contribution in [0.4, 0.5) is 5.69 Å². The van der Waals surface area contributed by atoms with Crippen molar-refractivity contribution in [1.82, 2.24) is 0 Å². The number of ether oxygens (including phenoxy) is 1. The van der Waals surface area contributed by atoms with Gasteiger partial charge in [0.15, 0.2) is 0 Å². The number of nitrogens with two attached hydrogens (primary N) is 1. The molecule has 1 rings (SSSR count). The second-order valence-corrected chi connectivity index (χ2v) is 4.75. The summed E-state index contributed by atoms with van der Waals surface area (Å²) >= 11 is 1.84. The normalized spacial score (nSPS) is 12.5. The van der Waals surface area contributed by atoms with E-state index in [4.69, 9.17) is 10.5 Å². The Bertz CT molecular complexity index is 301. The Kier molecular flexibility index (Phi) is 4.14. The predicted molar refractivity (Wildman–Crippen MR) is 63.0 cm³/mol. The molecule has 1 aromatic carbocycles. The molecule has 0 saturated carbocycles. The number of rotatable bonds is 4. The van der Waals surface area contributed by atoms with Crippen molar-refractivity contribution in [3.05, 3.63) is 18.2 Å². The van der Waals surface area contributed by atoms with E-state index >= 15 is 0 Å². The summed E-state index contributed by atoms with van der Waals surface area (Å²) in [5.41, 5.74) is 6.52. The van der Waals surface area contributed by atoms with Gasteiger partial charge in [0, 0.05) is 10.1 Å². The van der Waals surface area contributed by atoms with E-state index in [1.54, 1.807) is 7.11 Å². The summed E-state index contributed by atoms with van der Waals surface area (Å²) in [4.78, 5) is 1.21. The highest BCUT2D eigenvalue weighted by atomic mass is 32.2. The fourth-order valence-corrected chi connectivity index (χ4v) is 2.07. The summed E-state index contributed by atoms with van der Waals surface area (Å²) < 4.78 is 5.10. The van der Waals surface area contributed by atoms with Gasteiger partial charge in [0.2, 0.25) is 0 Å². The van der Waals surface area contributed by atoms with Crippen molar-refractivity contribution >= 4 is 17.4 Å². The molecule has 0 aliphatic carbocycles. The van der Waals surface area contributed by atoms with Crippen molar-refractivity contribution in [3.8, 4) is 5.75 Å². The molecule has 2 nitrogen and oxygen atoms in total. The number of hydrogen-bond donors (Lipinski definition) is 1. The molecule has 3 heteroatoms. The molecule has 0 radical (unpaired) electrons. The van der Waals surface area contributed by atoms with Gasteiger partial charge in [-0.1, -0.05) is 13.8 Å². The van der Waals surface area contributed by atoms with Crippen LogP contribution in [-0.2, 0) is 0 Å². The summed E-state index contributed by atoms with van der Waals surface area (Å²) in [7, 11) is 1.63. The Labute approximate surface area is 89.8 Å². The molecule has 1 aromatic rings. The van der Waals surface area contributed by atoms with E-state index in [-0.39, 0.29) is 0 Å². The quantitative estimate of drug-likeness (QED) is 0.613. The lowest BCUT2D eigenvalue weighted by Gasteiger charge is -2.10. The van der Waals surface area contributed by atoms with Gasteiger partial charge < -0.3 is 10.5 Å². The van der Waals surface area contributed by atoms with E-state index in [1.165, 1.54) is 4.90 Å². The Morgan fingerprint density at radius 2 is 2.21 bits per heavy atom. The highest BCUT2D eigenvalue weighted by Gasteiger charge is 2.04. The molecule has 1 atom stereocenters. The van der Waals surface area contributed by atoms with Gasteiger partial charge in [-0.25, -0.2) is 0 Å². The van der Waals surface area contributed by atoms with E-state index in [0.717, 1.165) is 12.2 Å². The van der Waals surface area contributed by atoms with Gasteiger partial charge in [-0.3, -0.25) is 0 Å². The fraction of sp³-hybridized carbons (Fsp3) is 0.455.